The minimum Gasteiger partial charge on any atom is -0.495 e. The highest BCUT2D eigenvalue weighted by atomic mass is 32.2. The number of thioether (sulfide) groups is 1. The summed E-state index contributed by atoms with van der Waals surface area (Å²) >= 11 is 1.46. The number of benzene rings is 3. The van der Waals surface area contributed by atoms with Gasteiger partial charge in [-0.15, -0.1) is 10.2 Å². The molecule has 1 amide bonds. The van der Waals surface area contributed by atoms with Gasteiger partial charge in [-0.1, -0.05) is 36.0 Å². The first kappa shape index (κ1) is 22.0. The third-order valence-electron chi connectivity index (χ3n) is 4.90. The molecule has 4 rings (SSSR count). The predicted molar refractivity (Wildman–Crippen MR) is 125 cm³/mol. The van der Waals surface area contributed by atoms with Crippen molar-refractivity contribution in [1.82, 2.24) is 14.8 Å². The van der Waals surface area contributed by atoms with Gasteiger partial charge in [-0.05, 0) is 42.0 Å². The number of carbonyl (C=O) groups is 1. The van der Waals surface area contributed by atoms with Gasteiger partial charge >= 0.3 is 0 Å². The predicted octanol–water partition coefficient (Wildman–Crippen LogP) is 4.24. The molecular formula is C23H19N5O4S. The molecule has 0 saturated heterocycles. The molecule has 0 radical (unpaired) electrons. The van der Waals surface area contributed by atoms with E-state index in [4.69, 9.17) is 10.5 Å². The largest absolute Gasteiger partial charge is 0.495 e. The minimum atomic E-state index is -0.474. The fraction of sp³-hybridized carbons (Fsp3) is 0.0870. The number of nitro groups is 1. The first-order chi connectivity index (χ1) is 16.0. The zero-order valence-electron chi connectivity index (χ0n) is 17.5. The van der Waals surface area contributed by atoms with Gasteiger partial charge in [-0.25, -0.2) is 0 Å². The monoisotopic (exact) mass is 461 g/mol. The third-order valence-corrected chi connectivity index (χ3v) is 5.90. The van der Waals surface area contributed by atoms with Crippen LogP contribution in [0.1, 0.15) is 15.9 Å². The summed E-state index contributed by atoms with van der Waals surface area (Å²) in [7, 11) is 1.59. The Kier molecular flexibility index (Phi) is 6.36. The fourth-order valence-electron chi connectivity index (χ4n) is 3.23. The van der Waals surface area contributed by atoms with Gasteiger partial charge in [0.1, 0.15) is 5.75 Å². The van der Waals surface area contributed by atoms with Gasteiger partial charge in [-0.3, -0.25) is 19.5 Å². The zero-order valence-corrected chi connectivity index (χ0v) is 18.4. The van der Waals surface area contributed by atoms with E-state index in [0.717, 1.165) is 11.3 Å². The average molecular weight is 462 g/mol. The summed E-state index contributed by atoms with van der Waals surface area (Å²) < 4.78 is 7.41. The maximum absolute atomic E-state index is 11.3. The summed E-state index contributed by atoms with van der Waals surface area (Å²) in [4.78, 5) is 21.9. The number of hydrogen-bond acceptors (Lipinski definition) is 7. The number of hydrogen-bond donors (Lipinski definition) is 1. The van der Waals surface area contributed by atoms with E-state index in [0.29, 0.717) is 33.6 Å². The average Bonchev–Trinajstić information content (AvgIpc) is 3.26. The van der Waals surface area contributed by atoms with Crippen LogP contribution < -0.4 is 10.5 Å². The number of methoxy groups -OCH3 is 1. The van der Waals surface area contributed by atoms with Crippen LogP contribution in [0.25, 0.3) is 17.1 Å². The van der Waals surface area contributed by atoms with Gasteiger partial charge in [0.15, 0.2) is 11.0 Å². The number of primary amides is 1. The van der Waals surface area contributed by atoms with Crippen LogP contribution in [0.3, 0.4) is 0 Å². The number of amides is 1. The van der Waals surface area contributed by atoms with Crippen LogP contribution in [-0.2, 0) is 5.75 Å². The second-order valence-corrected chi connectivity index (χ2v) is 7.91. The number of carbonyl (C=O) groups excluding carboxylic acids is 1. The first-order valence-electron chi connectivity index (χ1n) is 9.83. The summed E-state index contributed by atoms with van der Waals surface area (Å²) in [6.07, 6.45) is 0. The van der Waals surface area contributed by atoms with Crippen molar-refractivity contribution in [3.63, 3.8) is 0 Å². The third kappa shape index (κ3) is 4.70. The normalized spacial score (nSPS) is 10.7. The van der Waals surface area contributed by atoms with Crippen molar-refractivity contribution >= 4 is 23.4 Å². The van der Waals surface area contributed by atoms with Crippen LogP contribution in [-0.4, -0.2) is 32.7 Å². The van der Waals surface area contributed by atoms with E-state index >= 15 is 0 Å². The van der Waals surface area contributed by atoms with E-state index in [1.165, 1.54) is 23.9 Å². The molecule has 0 saturated carbocycles. The lowest BCUT2D eigenvalue weighted by atomic mass is 10.1. The molecule has 10 heteroatoms. The zero-order chi connectivity index (χ0) is 23.4. The Morgan fingerprint density at radius 3 is 2.39 bits per heavy atom. The number of ether oxygens (including phenoxy) is 1. The maximum atomic E-state index is 11.3. The van der Waals surface area contributed by atoms with Crippen molar-refractivity contribution in [3.05, 3.63) is 94.0 Å². The van der Waals surface area contributed by atoms with E-state index in [1.807, 2.05) is 41.0 Å². The van der Waals surface area contributed by atoms with Gasteiger partial charge in [-0.2, -0.15) is 0 Å². The second kappa shape index (κ2) is 9.53. The van der Waals surface area contributed by atoms with Gasteiger partial charge in [0.05, 0.1) is 17.7 Å². The van der Waals surface area contributed by atoms with Crippen LogP contribution in [0.15, 0.2) is 78.0 Å². The van der Waals surface area contributed by atoms with Crippen LogP contribution in [0.5, 0.6) is 5.75 Å². The molecule has 0 unspecified atom stereocenters. The molecule has 0 atom stereocenters. The smallest absolute Gasteiger partial charge is 0.269 e. The lowest BCUT2D eigenvalue weighted by Gasteiger charge is -2.14. The van der Waals surface area contributed by atoms with E-state index < -0.39 is 10.8 Å². The molecule has 1 heterocycles. The standard InChI is InChI=1S/C23H19N5O4S/c1-32-20-5-3-2-4-19(20)27-22(17-10-12-18(13-11-17)28(30)31)25-26-23(27)33-14-15-6-8-16(9-7-15)21(24)29/h2-13H,14H2,1H3,(H2,24,29). The van der Waals surface area contributed by atoms with Crippen LogP contribution >= 0.6 is 11.8 Å². The highest BCUT2D eigenvalue weighted by Gasteiger charge is 2.19. The first-order valence-corrected chi connectivity index (χ1v) is 10.8. The van der Waals surface area contributed by atoms with Gasteiger partial charge in [0, 0.05) is 29.0 Å². The van der Waals surface area contributed by atoms with E-state index in [-0.39, 0.29) is 5.69 Å². The molecule has 2 N–H and O–H groups in total. The second-order valence-electron chi connectivity index (χ2n) is 6.97. The molecule has 0 aliphatic carbocycles. The van der Waals surface area contributed by atoms with Gasteiger partial charge < -0.3 is 10.5 Å². The molecule has 3 aromatic carbocycles. The summed E-state index contributed by atoms with van der Waals surface area (Å²) in [6.45, 7) is 0. The van der Waals surface area contributed by atoms with Crippen LogP contribution in [0.2, 0.25) is 0 Å². The molecule has 1 aromatic heterocycles. The van der Waals surface area contributed by atoms with Gasteiger partial charge in [0.2, 0.25) is 5.91 Å². The van der Waals surface area contributed by atoms with Gasteiger partial charge in [0.25, 0.3) is 5.69 Å². The Morgan fingerprint density at radius 2 is 1.76 bits per heavy atom. The molecule has 9 nitrogen and oxygen atoms in total. The van der Waals surface area contributed by atoms with E-state index in [9.17, 15) is 14.9 Å². The minimum absolute atomic E-state index is 0.00360. The number of nitrogens with two attached hydrogens (primary N) is 1. The van der Waals surface area contributed by atoms with Crippen LogP contribution in [0.4, 0.5) is 5.69 Å². The van der Waals surface area contributed by atoms with Crippen molar-refractivity contribution in [2.24, 2.45) is 5.73 Å². The lowest BCUT2D eigenvalue weighted by molar-refractivity contribution is -0.384. The topological polar surface area (TPSA) is 126 Å². The lowest BCUT2D eigenvalue weighted by Crippen LogP contribution is -2.10. The Labute approximate surface area is 193 Å². The van der Waals surface area contributed by atoms with Crippen molar-refractivity contribution in [1.29, 1.82) is 0 Å². The van der Waals surface area contributed by atoms with E-state index in [2.05, 4.69) is 10.2 Å². The summed E-state index contributed by atoms with van der Waals surface area (Å²) in [5.41, 5.74) is 8.15. The SMILES string of the molecule is COc1ccccc1-n1c(SCc2ccc(C(N)=O)cc2)nnc1-c1ccc([N+](=O)[O-])cc1. The Bertz CT molecular complexity index is 1300. The van der Waals surface area contributed by atoms with Crippen molar-refractivity contribution in [3.8, 4) is 22.8 Å². The van der Waals surface area contributed by atoms with Crippen LogP contribution in [0, 0.1) is 10.1 Å². The maximum Gasteiger partial charge on any atom is 0.269 e. The molecule has 33 heavy (non-hydrogen) atoms. The van der Waals surface area contributed by atoms with E-state index in [1.54, 1.807) is 31.4 Å². The summed E-state index contributed by atoms with van der Waals surface area (Å²) in [5.74, 6) is 1.26. The van der Waals surface area contributed by atoms with Crippen molar-refractivity contribution < 1.29 is 14.5 Å². The molecule has 4 aromatic rings. The van der Waals surface area contributed by atoms with Crippen molar-refractivity contribution in [2.45, 2.75) is 10.9 Å². The highest BCUT2D eigenvalue weighted by molar-refractivity contribution is 7.98. The quantitative estimate of drug-likeness (QED) is 0.236. The number of nitrogens with zero attached hydrogens (tertiary/aromatic N) is 4. The molecular weight excluding hydrogens is 442 g/mol. The molecule has 0 bridgehead atoms. The Morgan fingerprint density at radius 1 is 1.06 bits per heavy atom. The molecule has 0 aliphatic heterocycles. The molecule has 0 spiro atoms. The Balaban J connectivity index is 1.72. The molecule has 166 valence electrons. The number of aromatic nitrogens is 3. The molecule has 0 fully saturated rings. The number of para-hydroxylation sites is 2. The number of rotatable bonds is 8. The Hall–Kier alpha value is -4.18. The highest BCUT2D eigenvalue weighted by Crippen LogP contribution is 2.34. The summed E-state index contributed by atoms with van der Waals surface area (Å²) in [5, 5.41) is 20.4. The summed E-state index contributed by atoms with van der Waals surface area (Å²) in [6, 6.07) is 20.7. The number of non-ortho nitro benzene ring substituents is 1. The molecule has 0 aliphatic rings. The van der Waals surface area contributed by atoms with Crippen molar-refractivity contribution in [2.75, 3.05) is 7.11 Å². The number of nitro benzene ring substituents is 1. The fourth-order valence-corrected chi connectivity index (χ4v) is 4.13.